The Labute approximate surface area is 217 Å². The van der Waals surface area contributed by atoms with Crippen LogP contribution in [0.1, 0.15) is 31.2 Å². The first-order valence-corrected chi connectivity index (χ1v) is 13.4. The SMILES string of the molecule is CC(C)(O)c1cn(-c2ccc(-c3ccc4c(c3)S(=O)(=O)CC4O)cc2Cl)c(-c2c(F)cccc2Cl)n1. The third-order valence-electron chi connectivity index (χ3n) is 6.14. The minimum atomic E-state index is -3.57. The molecule has 2 N–H and O–H groups in total. The van der Waals surface area contributed by atoms with Gasteiger partial charge in [-0.05, 0) is 55.3 Å². The molecule has 0 bridgehead atoms. The quantitative estimate of drug-likeness (QED) is 0.342. The van der Waals surface area contributed by atoms with Crippen LogP contribution in [0.4, 0.5) is 4.39 Å². The number of benzene rings is 3. The van der Waals surface area contributed by atoms with Crippen molar-refractivity contribution in [2.24, 2.45) is 0 Å². The van der Waals surface area contributed by atoms with E-state index in [0.29, 0.717) is 28.1 Å². The molecule has 2 heterocycles. The van der Waals surface area contributed by atoms with E-state index >= 15 is 0 Å². The van der Waals surface area contributed by atoms with Gasteiger partial charge in [0.15, 0.2) is 9.84 Å². The first-order chi connectivity index (χ1) is 16.9. The lowest BCUT2D eigenvalue weighted by atomic mass is 10.0. The summed E-state index contributed by atoms with van der Waals surface area (Å²) in [4.78, 5) is 4.58. The van der Waals surface area contributed by atoms with Crippen LogP contribution in [0.2, 0.25) is 10.0 Å². The molecule has 0 spiro atoms. The number of hydrogen-bond acceptors (Lipinski definition) is 5. The van der Waals surface area contributed by atoms with Crippen molar-refractivity contribution < 1.29 is 23.0 Å². The van der Waals surface area contributed by atoms with Crippen LogP contribution in [0.15, 0.2) is 65.7 Å². The van der Waals surface area contributed by atoms with Gasteiger partial charge in [0.25, 0.3) is 0 Å². The molecule has 5 rings (SSSR count). The van der Waals surface area contributed by atoms with E-state index in [4.69, 9.17) is 23.2 Å². The number of aliphatic hydroxyl groups is 2. The Balaban J connectivity index is 1.64. The molecule has 6 nitrogen and oxygen atoms in total. The van der Waals surface area contributed by atoms with Crippen molar-refractivity contribution in [3.05, 3.63) is 87.9 Å². The molecule has 3 aromatic carbocycles. The Hall–Kier alpha value is -2.75. The first kappa shape index (κ1) is 24.9. The number of imidazole rings is 1. The molecular formula is C26H21Cl2FN2O4S. The third kappa shape index (κ3) is 4.23. The molecule has 0 saturated carbocycles. The minimum Gasteiger partial charge on any atom is -0.387 e. The zero-order chi connectivity index (χ0) is 26.0. The molecule has 1 aliphatic rings. The van der Waals surface area contributed by atoms with Crippen LogP contribution in [-0.4, -0.2) is 33.9 Å². The zero-order valence-corrected chi connectivity index (χ0v) is 21.5. The standard InChI is InChI=1S/C26H21Cl2FN2O4S/c1-26(2,33)23-12-31(25(30-23)24-17(27)4-3-5-19(24)29)20-9-7-14(10-18(20)28)15-6-8-16-21(32)13-36(34,35)22(16)11-15/h3-12,21,32-33H,13H2,1-2H3. The summed E-state index contributed by atoms with van der Waals surface area (Å²) in [5, 5.41) is 21.0. The third-order valence-corrected chi connectivity index (χ3v) is 8.54. The van der Waals surface area contributed by atoms with Crippen LogP contribution in [0.25, 0.3) is 28.2 Å². The predicted molar refractivity (Wildman–Crippen MR) is 137 cm³/mol. The van der Waals surface area contributed by atoms with Gasteiger partial charge in [-0.15, -0.1) is 0 Å². The summed E-state index contributed by atoms with van der Waals surface area (Å²) >= 11 is 13.0. The molecule has 1 aliphatic heterocycles. The largest absolute Gasteiger partial charge is 0.387 e. The summed E-state index contributed by atoms with van der Waals surface area (Å²) in [5.74, 6) is -0.745. The number of nitrogens with zero attached hydrogens (tertiary/aromatic N) is 2. The van der Waals surface area contributed by atoms with Crippen molar-refractivity contribution in [2.45, 2.75) is 30.4 Å². The van der Waals surface area contributed by atoms with Crippen LogP contribution < -0.4 is 0 Å². The number of aromatic nitrogens is 2. The molecule has 36 heavy (non-hydrogen) atoms. The van der Waals surface area contributed by atoms with Gasteiger partial charge in [0.1, 0.15) is 17.2 Å². The zero-order valence-electron chi connectivity index (χ0n) is 19.2. The summed E-state index contributed by atoms with van der Waals surface area (Å²) in [7, 11) is -3.57. The maximum Gasteiger partial charge on any atom is 0.181 e. The molecule has 0 amide bonds. The fraction of sp³-hybridized carbons (Fsp3) is 0.192. The normalized spacial score (nSPS) is 16.8. The summed E-state index contributed by atoms with van der Waals surface area (Å²) in [5.41, 5.74) is 1.14. The average Bonchev–Trinajstić information content (AvgIpc) is 3.32. The van der Waals surface area contributed by atoms with Gasteiger partial charge >= 0.3 is 0 Å². The minimum absolute atomic E-state index is 0.0668. The van der Waals surface area contributed by atoms with Crippen molar-refractivity contribution in [3.63, 3.8) is 0 Å². The van der Waals surface area contributed by atoms with Crippen molar-refractivity contribution in [1.82, 2.24) is 9.55 Å². The molecule has 0 radical (unpaired) electrons. The van der Waals surface area contributed by atoms with Crippen LogP contribution in [-0.2, 0) is 15.4 Å². The van der Waals surface area contributed by atoms with Gasteiger partial charge in [-0.2, -0.15) is 0 Å². The lowest BCUT2D eigenvalue weighted by Gasteiger charge is -2.13. The van der Waals surface area contributed by atoms with Gasteiger partial charge in [-0.25, -0.2) is 17.8 Å². The summed E-state index contributed by atoms with van der Waals surface area (Å²) < 4.78 is 41.2. The van der Waals surface area contributed by atoms with Crippen molar-refractivity contribution >= 4 is 33.0 Å². The first-order valence-electron chi connectivity index (χ1n) is 11.0. The number of sulfone groups is 1. The number of halogens is 3. The number of fused-ring (bicyclic) bond motifs is 1. The van der Waals surface area contributed by atoms with Crippen LogP contribution in [0.5, 0.6) is 0 Å². The summed E-state index contributed by atoms with van der Waals surface area (Å²) in [6.07, 6.45) is 0.530. The van der Waals surface area contributed by atoms with E-state index in [1.54, 1.807) is 61.0 Å². The van der Waals surface area contributed by atoms with Gasteiger partial charge in [0, 0.05) is 11.8 Å². The number of hydrogen-bond donors (Lipinski definition) is 2. The maximum atomic E-state index is 14.8. The maximum absolute atomic E-state index is 14.8. The van der Waals surface area contributed by atoms with Gasteiger partial charge in [-0.3, -0.25) is 4.57 Å². The summed E-state index contributed by atoms with van der Waals surface area (Å²) in [6, 6.07) is 14.3. The fourth-order valence-electron chi connectivity index (χ4n) is 4.27. The van der Waals surface area contributed by atoms with E-state index in [0.717, 1.165) is 0 Å². The molecule has 1 atom stereocenters. The molecule has 0 aliphatic carbocycles. The number of rotatable bonds is 4. The molecule has 186 valence electrons. The molecule has 1 unspecified atom stereocenters. The second-order valence-electron chi connectivity index (χ2n) is 9.19. The van der Waals surface area contributed by atoms with Crippen LogP contribution in [0.3, 0.4) is 0 Å². The average molecular weight is 547 g/mol. The Kier molecular flexibility index (Phi) is 6.01. The van der Waals surface area contributed by atoms with Gasteiger partial charge < -0.3 is 10.2 Å². The van der Waals surface area contributed by atoms with E-state index in [9.17, 15) is 23.0 Å². The highest BCUT2D eigenvalue weighted by molar-refractivity contribution is 7.91. The van der Waals surface area contributed by atoms with E-state index < -0.39 is 27.4 Å². The lowest BCUT2D eigenvalue weighted by Crippen LogP contribution is -2.15. The van der Waals surface area contributed by atoms with Gasteiger partial charge in [-0.1, -0.05) is 47.5 Å². The van der Waals surface area contributed by atoms with E-state index in [1.165, 1.54) is 18.2 Å². The van der Waals surface area contributed by atoms with E-state index in [2.05, 4.69) is 4.98 Å². The highest BCUT2D eigenvalue weighted by Gasteiger charge is 2.33. The second-order valence-corrected chi connectivity index (χ2v) is 12.0. The Morgan fingerprint density at radius 2 is 1.75 bits per heavy atom. The Morgan fingerprint density at radius 3 is 2.42 bits per heavy atom. The smallest absolute Gasteiger partial charge is 0.181 e. The van der Waals surface area contributed by atoms with Crippen LogP contribution in [0, 0.1) is 5.82 Å². The van der Waals surface area contributed by atoms with Crippen LogP contribution >= 0.6 is 23.2 Å². The van der Waals surface area contributed by atoms with Gasteiger partial charge in [0.05, 0.1) is 43.7 Å². The topological polar surface area (TPSA) is 92.4 Å². The second kappa shape index (κ2) is 8.68. The molecule has 0 saturated heterocycles. The molecule has 1 aromatic heterocycles. The molecule has 4 aromatic rings. The van der Waals surface area contributed by atoms with E-state index in [1.807, 2.05) is 0 Å². The molecular weight excluding hydrogens is 526 g/mol. The Bertz CT molecular complexity index is 1610. The van der Waals surface area contributed by atoms with E-state index in [-0.39, 0.29) is 32.1 Å². The fourth-order valence-corrected chi connectivity index (χ4v) is 6.44. The van der Waals surface area contributed by atoms with Crippen molar-refractivity contribution in [1.29, 1.82) is 0 Å². The highest BCUT2D eigenvalue weighted by atomic mass is 35.5. The lowest BCUT2D eigenvalue weighted by molar-refractivity contribution is 0.0743. The predicted octanol–water partition coefficient (Wildman–Crippen LogP) is 5.70. The summed E-state index contributed by atoms with van der Waals surface area (Å²) in [6.45, 7) is 3.13. The van der Waals surface area contributed by atoms with Crippen molar-refractivity contribution in [2.75, 3.05) is 5.75 Å². The number of aliphatic hydroxyl groups excluding tert-OH is 1. The highest BCUT2D eigenvalue weighted by Crippen LogP contribution is 2.39. The monoisotopic (exact) mass is 546 g/mol. The Morgan fingerprint density at radius 1 is 1.06 bits per heavy atom. The van der Waals surface area contributed by atoms with Crippen molar-refractivity contribution in [3.8, 4) is 28.2 Å². The van der Waals surface area contributed by atoms with Gasteiger partial charge in [0.2, 0.25) is 0 Å². The molecule has 0 fully saturated rings. The molecule has 10 heteroatoms.